The molecule has 0 N–H and O–H groups in total. The van der Waals surface area contributed by atoms with Gasteiger partial charge in [-0.1, -0.05) is 0 Å². The van der Waals surface area contributed by atoms with Gasteiger partial charge >= 0.3 is 0 Å². The monoisotopic (exact) mass is 272 g/mol. The molecule has 2 rings (SSSR count). The summed E-state index contributed by atoms with van der Waals surface area (Å²) in [5.41, 5.74) is -0.444. The first-order chi connectivity index (χ1) is 9.01. The highest BCUT2D eigenvalue weighted by molar-refractivity contribution is 5.77. The molecule has 0 aliphatic heterocycles. The largest absolute Gasteiger partial charge is 0.298 e. The summed E-state index contributed by atoms with van der Waals surface area (Å²) < 4.78 is 52.0. The van der Waals surface area contributed by atoms with Crippen LogP contribution < -0.4 is 0 Å². The number of alkyl halides is 2. The summed E-state index contributed by atoms with van der Waals surface area (Å²) >= 11 is 0. The Morgan fingerprint density at radius 3 is 2.42 bits per heavy atom. The number of carbonyl (C=O) groups is 1. The van der Waals surface area contributed by atoms with Gasteiger partial charge in [-0.3, -0.25) is 9.48 Å². The molecular weight excluding hydrogens is 264 g/mol. The molecule has 0 bridgehead atoms. The van der Waals surface area contributed by atoms with Crippen molar-refractivity contribution in [1.82, 2.24) is 9.78 Å². The molecule has 0 aliphatic rings. The van der Waals surface area contributed by atoms with Gasteiger partial charge in [0.2, 0.25) is 0 Å². The Labute approximate surface area is 105 Å². The topological polar surface area (TPSA) is 34.9 Å². The summed E-state index contributed by atoms with van der Waals surface area (Å²) in [7, 11) is 0. The van der Waals surface area contributed by atoms with E-state index in [0.29, 0.717) is 0 Å². The fourth-order valence-electron chi connectivity index (χ4n) is 1.60. The first-order valence-corrected chi connectivity index (χ1v) is 5.27. The van der Waals surface area contributed by atoms with E-state index in [1.807, 2.05) is 0 Å². The fraction of sp³-hybridized carbons (Fsp3) is 0.167. The molecule has 0 amide bonds. The van der Waals surface area contributed by atoms with Crippen LogP contribution in [0.3, 0.4) is 0 Å². The fourth-order valence-corrected chi connectivity index (χ4v) is 1.60. The number of carbonyl (C=O) groups excluding carboxylic acids is 1. The summed E-state index contributed by atoms with van der Waals surface area (Å²) in [6.07, 6.45) is -1.21. The molecule has 19 heavy (non-hydrogen) atoms. The number of rotatable bonds is 4. The van der Waals surface area contributed by atoms with E-state index in [2.05, 4.69) is 5.10 Å². The second-order valence-electron chi connectivity index (χ2n) is 3.79. The number of hydrogen-bond donors (Lipinski definition) is 0. The van der Waals surface area contributed by atoms with Crippen molar-refractivity contribution in [3.05, 3.63) is 41.6 Å². The van der Waals surface area contributed by atoms with Crippen LogP contribution in [0.2, 0.25) is 0 Å². The van der Waals surface area contributed by atoms with Crippen molar-refractivity contribution in [2.45, 2.75) is 13.0 Å². The highest BCUT2D eigenvalue weighted by atomic mass is 19.3. The Hall–Kier alpha value is -2.18. The van der Waals surface area contributed by atoms with Gasteiger partial charge in [-0.2, -0.15) is 5.10 Å². The molecule has 1 aromatic carbocycles. The predicted octanol–water partition coefficient (Wildman–Crippen LogP) is 2.91. The van der Waals surface area contributed by atoms with Crippen LogP contribution in [0.5, 0.6) is 0 Å². The van der Waals surface area contributed by atoms with Crippen molar-refractivity contribution in [3.63, 3.8) is 0 Å². The lowest BCUT2D eigenvalue weighted by Gasteiger charge is -2.02. The lowest BCUT2D eigenvalue weighted by atomic mass is 10.1. The standard InChI is InChI=1S/C12H8F4N2O/c13-9-3-7(4-10(14)8(9)6-19)11-1-2-18(17-11)5-12(15)16/h1-4,6,12H,5H2. The van der Waals surface area contributed by atoms with Crippen LogP contribution in [-0.2, 0) is 6.54 Å². The molecule has 2 aromatic rings. The first kappa shape index (κ1) is 13.3. The van der Waals surface area contributed by atoms with E-state index in [0.717, 1.165) is 16.8 Å². The highest BCUT2D eigenvalue weighted by Gasteiger charge is 2.13. The Kier molecular flexibility index (Phi) is 3.64. The quantitative estimate of drug-likeness (QED) is 0.633. The van der Waals surface area contributed by atoms with Crippen LogP contribution in [0.4, 0.5) is 17.6 Å². The van der Waals surface area contributed by atoms with Crippen molar-refractivity contribution in [2.24, 2.45) is 0 Å². The van der Waals surface area contributed by atoms with Crippen LogP contribution in [0.15, 0.2) is 24.4 Å². The second-order valence-corrected chi connectivity index (χ2v) is 3.79. The molecule has 0 fully saturated rings. The Bertz CT molecular complexity index is 587. The number of aromatic nitrogens is 2. The maximum Gasteiger partial charge on any atom is 0.257 e. The van der Waals surface area contributed by atoms with E-state index < -0.39 is 30.2 Å². The van der Waals surface area contributed by atoms with Crippen molar-refractivity contribution in [3.8, 4) is 11.3 Å². The lowest BCUT2D eigenvalue weighted by molar-refractivity contribution is 0.111. The normalized spacial score (nSPS) is 11.0. The molecule has 3 nitrogen and oxygen atoms in total. The molecular formula is C12H8F4N2O. The van der Waals surface area contributed by atoms with Gasteiger partial charge in [0.25, 0.3) is 6.43 Å². The van der Waals surface area contributed by atoms with Gasteiger partial charge in [-0.05, 0) is 18.2 Å². The number of halogens is 4. The van der Waals surface area contributed by atoms with E-state index in [4.69, 9.17) is 0 Å². The molecule has 0 spiro atoms. The zero-order chi connectivity index (χ0) is 14.0. The van der Waals surface area contributed by atoms with Crippen LogP contribution >= 0.6 is 0 Å². The van der Waals surface area contributed by atoms with E-state index in [1.165, 1.54) is 12.3 Å². The van der Waals surface area contributed by atoms with Gasteiger partial charge in [0.1, 0.15) is 18.2 Å². The Morgan fingerprint density at radius 2 is 1.89 bits per heavy atom. The van der Waals surface area contributed by atoms with Gasteiger partial charge in [-0.15, -0.1) is 0 Å². The second kappa shape index (κ2) is 5.21. The van der Waals surface area contributed by atoms with E-state index in [9.17, 15) is 22.4 Å². The minimum atomic E-state index is -2.57. The summed E-state index contributed by atoms with van der Waals surface area (Å²) in [5, 5.41) is 3.77. The van der Waals surface area contributed by atoms with Gasteiger partial charge in [0.15, 0.2) is 6.29 Å². The van der Waals surface area contributed by atoms with Gasteiger partial charge in [-0.25, -0.2) is 17.6 Å². The van der Waals surface area contributed by atoms with E-state index in [-0.39, 0.29) is 17.5 Å². The molecule has 1 heterocycles. The van der Waals surface area contributed by atoms with Crippen LogP contribution in [0.25, 0.3) is 11.3 Å². The average molecular weight is 272 g/mol. The van der Waals surface area contributed by atoms with Crippen molar-refractivity contribution in [1.29, 1.82) is 0 Å². The van der Waals surface area contributed by atoms with E-state index >= 15 is 0 Å². The minimum Gasteiger partial charge on any atom is -0.298 e. The molecule has 0 saturated heterocycles. The summed E-state index contributed by atoms with van der Waals surface area (Å²) in [4.78, 5) is 10.4. The number of aldehydes is 1. The first-order valence-electron chi connectivity index (χ1n) is 5.27. The average Bonchev–Trinajstić information content (AvgIpc) is 2.76. The maximum absolute atomic E-state index is 13.4. The van der Waals surface area contributed by atoms with Crippen LogP contribution in [0, 0.1) is 11.6 Å². The van der Waals surface area contributed by atoms with Gasteiger partial charge in [0.05, 0.1) is 11.3 Å². The molecule has 100 valence electrons. The van der Waals surface area contributed by atoms with Crippen molar-refractivity contribution in [2.75, 3.05) is 0 Å². The van der Waals surface area contributed by atoms with Crippen LogP contribution in [0.1, 0.15) is 10.4 Å². The third-order valence-corrected chi connectivity index (χ3v) is 2.46. The number of nitrogens with zero attached hydrogens (tertiary/aromatic N) is 2. The van der Waals surface area contributed by atoms with Gasteiger partial charge in [0, 0.05) is 11.8 Å². The SMILES string of the molecule is O=Cc1c(F)cc(-c2ccn(CC(F)F)n2)cc1F. The molecule has 0 aliphatic carbocycles. The lowest BCUT2D eigenvalue weighted by Crippen LogP contribution is -2.06. The molecule has 7 heteroatoms. The molecule has 0 unspecified atom stereocenters. The van der Waals surface area contributed by atoms with Gasteiger partial charge < -0.3 is 0 Å². The zero-order valence-corrected chi connectivity index (χ0v) is 9.49. The van der Waals surface area contributed by atoms with E-state index in [1.54, 1.807) is 0 Å². The molecule has 1 aromatic heterocycles. The molecule has 0 saturated carbocycles. The minimum absolute atomic E-state index is 0.0733. The number of hydrogen-bond acceptors (Lipinski definition) is 2. The summed E-state index contributed by atoms with van der Waals surface area (Å²) in [6, 6.07) is 3.22. The highest BCUT2D eigenvalue weighted by Crippen LogP contribution is 2.22. The Balaban J connectivity index is 2.37. The molecule has 0 atom stereocenters. The summed E-state index contributed by atoms with van der Waals surface area (Å²) in [6.45, 7) is -0.600. The Morgan fingerprint density at radius 1 is 1.26 bits per heavy atom. The smallest absolute Gasteiger partial charge is 0.257 e. The third-order valence-electron chi connectivity index (χ3n) is 2.46. The number of benzene rings is 1. The van der Waals surface area contributed by atoms with Crippen molar-refractivity contribution >= 4 is 6.29 Å². The van der Waals surface area contributed by atoms with Crippen molar-refractivity contribution < 1.29 is 22.4 Å². The third kappa shape index (κ3) is 2.81. The maximum atomic E-state index is 13.4. The zero-order valence-electron chi connectivity index (χ0n) is 9.49. The predicted molar refractivity (Wildman–Crippen MR) is 59.0 cm³/mol. The summed E-state index contributed by atoms with van der Waals surface area (Å²) in [5.74, 6) is -2.04. The van der Waals surface area contributed by atoms with Crippen LogP contribution in [-0.4, -0.2) is 22.5 Å². The molecule has 0 radical (unpaired) electrons.